The summed E-state index contributed by atoms with van der Waals surface area (Å²) in [6.07, 6.45) is 2.52. The molecule has 3 nitrogen and oxygen atoms in total. The number of hydrogen-bond acceptors (Lipinski definition) is 3. The average Bonchev–Trinajstić information content (AvgIpc) is 2.33. The first-order valence-corrected chi connectivity index (χ1v) is 6.43. The zero-order valence-corrected chi connectivity index (χ0v) is 10.7. The molecule has 1 saturated heterocycles. The van der Waals surface area contributed by atoms with E-state index in [1.54, 1.807) is 6.07 Å². The van der Waals surface area contributed by atoms with E-state index in [4.69, 9.17) is 15.2 Å². The van der Waals surface area contributed by atoms with E-state index in [1.165, 1.54) is 6.07 Å². The van der Waals surface area contributed by atoms with Gasteiger partial charge in [-0.3, -0.25) is 0 Å². The summed E-state index contributed by atoms with van der Waals surface area (Å²) in [4.78, 5) is 0. The van der Waals surface area contributed by atoms with Crippen LogP contribution in [0.15, 0.2) is 18.2 Å². The second-order valence-corrected chi connectivity index (χ2v) is 4.90. The maximum absolute atomic E-state index is 13.8. The number of halogens is 1. The smallest absolute Gasteiger partial charge is 0.165 e. The van der Waals surface area contributed by atoms with Gasteiger partial charge in [0.1, 0.15) is 6.10 Å². The first-order valence-electron chi connectivity index (χ1n) is 6.43. The van der Waals surface area contributed by atoms with Gasteiger partial charge >= 0.3 is 0 Å². The van der Waals surface area contributed by atoms with Gasteiger partial charge in [-0.15, -0.1) is 0 Å². The minimum Gasteiger partial charge on any atom is -0.485 e. The first-order chi connectivity index (χ1) is 8.65. The van der Waals surface area contributed by atoms with E-state index in [0.29, 0.717) is 18.8 Å². The van der Waals surface area contributed by atoms with Gasteiger partial charge in [0, 0.05) is 12.6 Å². The van der Waals surface area contributed by atoms with Crippen LogP contribution in [0.2, 0.25) is 0 Å². The van der Waals surface area contributed by atoms with Gasteiger partial charge in [0.05, 0.1) is 6.61 Å². The summed E-state index contributed by atoms with van der Waals surface area (Å²) in [5.41, 5.74) is 6.59. The molecule has 1 aromatic rings. The van der Waals surface area contributed by atoms with Crippen LogP contribution in [0.1, 0.15) is 25.3 Å². The first kappa shape index (κ1) is 13.3. The fraction of sp³-hybridized carbons (Fsp3) is 0.571. The van der Waals surface area contributed by atoms with Crippen LogP contribution in [-0.4, -0.2) is 25.4 Å². The summed E-state index contributed by atoms with van der Waals surface area (Å²) in [5, 5.41) is 0. The van der Waals surface area contributed by atoms with Gasteiger partial charge in [-0.05, 0) is 43.9 Å². The fourth-order valence-electron chi connectivity index (χ4n) is 2.12. The molecule has 0 spiro atoms. The lowest BCUT2D eigenvalue weighted by Gasteiger charge is -2.23. The molecule has 1 aliphatic rings. The topological polar surface area (TPSA) is 44.5 Å². The Balaban J connectivity index is 2.00. The molecule has 1 aliphatic heterocycles. The minimum absolute atomic E-state index is 0.0305. The molecule has 2 unspecified atom stereocenters. The second kappa shape index (κ2) is 6.16. The minimum atomic E-state index is -0.321. The third kappa shape index (κ3) is 3.68. The number of hydrogen-bond donors (Lipinski definition) is 1. The molecule has 18 heavy (non-hydrogen) atoms. The monoisotopic (exact) mass is 253 g/mol. The zero-order chi connectivity index (χ0) is 13.0. The van der Waals surface area contributed by atoms with E-state index in [9.17, 15) is 4.39 Å². The number of nitrogens with two attached hydrogens (primary N) is 1. The van der Waals surface area contributed by atoms with Crippen LogP contribution < -0.4 is 10.5 Å². The van der Waals surface area contributed by atoms with Crippen molar-refractivity contribution in [3.63, 3.8) is 0 Å². The lowest BCUT2D eigenvalue weighted by molar-refractivity contribution is 0.00587. The fourth-order valence-corrected chi connectivity index (χ4v) is 2.12. The van der Waals surface area contributed by atoms with Crippen LogP contribution in [-0.2, 0) is 11.2 Å². The Morgan fingerprint density at radius 3 is 3.00 bits per heavy atom. The molecule has 0 amide bonds. The molecular weight excluding hydrogens is 233 g/mol. The Morgan fingerprint density at radius 2 is 2.39 bits per heavy atom. The van der Waals surface area contributed by atoms with E-state index >= 15 is 0 Å². The standard InChI is InChI=1S/C14H20FNO2/c1-10(16)7-11-4-5-14(13(15)8-11)18-12-3-2-6-17-9-12/h4-5,8,10,12H,2-3,6-7,9,16H2,1H3. The Hall–Kier alpha value is -1.13. The molecular formula is C14H20FNO2. The van der Waals surface area contributed by atoms with E-state index in [-0.39, 0.29) is 18.0 Å². The van der Waals surface area contributed by atoms with Crippen molar-refractivity contribution in [2.24, 2.45) is 5.73 Å². The number of ether oxygens (including phenoxy) is 2. The Bertz CT molecular complexity index is 389. The van der Waals surface area contributed by atoms with Crippen LogP contribution in [0, 0.1) is 5.82 Å². The SMILES string of the molecule is CC(N)Cc1ccc(OC2CCCOC2)c(F)c1. The van der Waals surface area contributed by atoms with Crippen molar-refractivity contribution >= 4 is 0 Å². The summed E-state index contributed by atoms with van der Waals surface area (Å²) in [5.74, 6) is -0.0161. The van der Waals surface area contributed by atoms with Gasteiger partial charge in [0.25, 0.3) is 0 Å². The predicted octanol–water partition coefficient (Wildman–Crippen LogP) is 2.27. The van der Waals surface area contributed by atoms with Crippen molar-refractivity contribution in [3.8, 4) is 5.75 Å². The molecule has 0 radical (unpaired) electrons. The van der Waals surface area contributed by atoms with Crippen LogP contribution >= 0.6 is 0 Å². The van der Waals surface area contributed by atoms with Crippen LogP contribution in [0.5, 0.6) is 5.75 Å². The van der Waals surface area contributed by atoms with Gasteiger partial charge < -0.3 is 15.2 Å². The van der Waals surface area contributed by atoms with Crippen molar-refractivity contribution in [1.29, 1.82) is 0 Å². The van der Waals surface area contributed by atoms with Gasteiger partial charge in [-0.2, -0.15) is 0 Å². The van der Waals surface area contributed by atoms with Gasteiger partial charge in [-0.25, -0.2) is 4.39 Å². The summed E-state index contributed by atoms with van der Waals surface area (Å²) < 4.78 is 24.8. The van der Waals surface area contributed by atoms with Crippen molar-refractivity contribution in [2.75, 3.05) is 13.2 Å². The van der Waals surface area contributed by atoms with Crippen molar-refractivity contribution < 1.29 is 13.9 Å². The lowest BCUT2D eigenvalue weighted by atomic mass is 10.1. The summed E-state index contributed by atoms with van der Waals surface area (Å²) in [6.45, 7) is 3.22. The maximum atomic E-state index is 13.8. The molecule has 1 aromatic carbocycles. The molecule has 0 bridgehead atoms. The third-order valence-corrected chi connectivity index (χ3v) is 2.97. The Kier molecular flexibility index (Phi) is 4.55. The average molecular weight is 253 g/mol. The van der Waals surface area contributed by atoms with Crippen molar-refractivity contribution in [2.45, 2.75) is 38.3 Å². The highest BCUT2D eigenvalue weighted by molar-refractivity contribution is 5.30. The highest BCUT2D eigenvalue weighted by Gasteiger charge is 2.17. The van der Waals surface area contributed by atoms with E-state index in [1.807, 2.05) is 13.0 Å². The van der Waals surface area contributed by atoms with Crippen LogP contribution in [0.25, 0.3) is 0 Å². The molecule has 1 heterocycles. The van der Waals surface area contributed by atoms with Crippen molar-refractivity contribution in [3.05, 3.63) is 29.6 Å². The van der Waals surface area contributed by atoms with Gasteiger partial charge in [0.2, 0.25) is 0 Å². The molecule has 2 N–H and O–H groups in total. The normalized spacial score (nSPS) is 21.6. The molecule has 0 aromatic heterocycles. The number of benzene rings is 1. The molecule has 2 rings (SSSR count). The lowest BCUT2D eigenvalue weighted by Crippen LogP contribution is -2.28. The molecule has 4 heteroatoms. The van der Waals surface area contributed by atoms with Gasteiger partial charge in [0.15, 0.2) is 11.6 Å². The predicted molar refractivity (Wildman–Crippen MR) is 68.2 cm³/mol. The summed E-state index contributed by atoms with van der Waals surface area (Å²) in [6, 6.07) is 5.08. The van der Waals surface area contributed by atoms with E-state index in [0.717, 1.165) is 25.0 Å². The Labute approximate surface area is 107 Å². The molecule has 1 fully saturated rings. The highest BCUT2D eigenvalue weighted by Crippen LogP contribution is 2.22. The quantitative estimate of drug-likeness (QED) is 0.895. The molecule has 100 valence electrons. The number of rotatable bonds is 4. The summed E-state index contributed by atoms with van der Waals surface area (Å²) >= 11 is 0. The van der Waals surface area contributed by atoms with Crippen molar-refractivity contribution in [1.82, 2.24) is 0 Å². The van der Waals surface area contributed by atoms with Crippen LogP contribution in [0.4, 0.5) is 4.39 Å². The maximum Gasteiger partial charge on any atom is 0.165 e. The Morgan fingerprint density at radius 1 is 1.56 bits per heavy atom. The highest BCUT2D eigenvalue weighted by atomic mass is 19.1. The second-order valence-electron chi connectivity index (χ2n) is 4.90. The molecule has 0 saturated carbocycles. The zero-order valence-electron chi connectivity index (χ0n) is 10.7. The molecule has 2 atom stereocenters. The van der Waals surface area contributed by atoms with Crippen LogP contribution in [0.3, 0.4) is 0 Å². The van der Waals surface area contributed by atoms with E-state index in [2.05, 4.69) is 0 Å². The summed E-state index contributed by atoms with van der Waals surface area (Å²) in [7, 11) is 0. The largest absolute Gasteiger partial charge is 0.485 e. The molecule has 0 aliphatic carbocycles. The third-order valence-electron chi connectivity index (χ3n) is 2.97. The van der Waals surface area contributed by atoms with E-state index < -0.39 is 0 Å². The van der Waals surface area contributed by atoms with Gasteiger partial charge in [-0.1, -0.05) is 6.07 Å².